The van der Waals surface area contributed by atoms with Gasteiger partial charge < -0.3 is 5.32 Å². The van der Waals surface area contributed by atoms with Gasteiger partial charge in [-0.05, 0) is 18.4 Å². The largest absolute Gasteiger partial charge is 0.361 e. The molecule has 0 aromatic carbocycles. The first-order valence-electron chi connectivity index (χ1n) is 5.00. The normalized spacial score (nSPS) is 12.2. The van der Waals surface area contributed by atoms with Crippen molar-refractivity contribution in [2.24, 2.45) is 5.84 Å². The van der Waals surface area contributed by atoms with Crippen molar-refractivity contribution in [1.82, 2.24) is 9.97 Å². The van der Waals surface area contributed by atoms with E-state index in [0.29, 0.717) is 16.8 Å². The van der Waals surface area contributed by atoms with Crippen LogP contribution in [-0.4, -0.2) is 9.97 Å². The zero-order valence-corrected chi connectivity index (χ0v) is 10.7. The van der Waals surface area contributed by atoms with Gasteiger partial charge in [-0.3, -0.25) is 5.43 Å². The Kier molecular flexibility index (Phi) is 3.78. The molecule has 2 aromatic rings. The van der Waals surface area contributed by atoms with Crippen LogP contribution in [-0.2, 0) is 0 Å². The molecule has 0 bridgehead atoms. The van der Waals surface area contributed by atoms with Gasteiger partial charge in [0.2, 0.25) is 5.95 Å². The molecule has 2 rings (SSSR count). The minimum absolute atomic E-state index is 0.132. The van der Waals surface area contributed by atoms with Crippen molar-refractivity contribution >= 4 is 34.7 Å². The molecule has 0 aliphatic heterocycles. The van der Waals surface area contributed by atoms with Crippen LogP contribution in [0.25, 0.3) is 0 Å². The van der Waals surface area contributed by atoms with E-state index in [1.54, 1.807) is 11.3 Å². The fourth-order valence-electron chi connectivity index (χ4n) is 1.35. The zero-order chi connectivity index (χ0) is 12.3. The third kappa shape index (κ3) is 2.85. The summed E-state index contributed by atoms with van der Waals surface area (Å²) in [4.78, 5) is 9.28. The average molecular weight is 270 g/mol. The number of hydrogen-bond donors (Lipinski definition) is 3. The van der Waals surface area contributed by atoms with E-state index in [1.165, 1.54) is 11.1 Å². The van der Waals surface area contributed by atoms with Gasteiger partial charge in [-0.1, -0.05) is 17.7 Å². The van der Waals surface area contributed by atoms with E-state index < -0.39 is 0 Å². The molecule has 0 saturated carbocycles. The summed E-state index contributed by atoms with van der Waals surface area (Å²) in [7, 11) is 0. The summed E-state index contributed by atoms with van der Waals surface area (Å²) in [6.07, 6.45) is 1.51. The minimum atomic E-state index is 0.132. The van der Waals surface area contributed by atoms with Gasteiger partial charge in [0.1, 0.15) is 5.02 Å². The Morgan fingerprint density at radius 2 is 2.35 bits per heavy atom. The summed E-state index contributed by atoms with van der Waals surface area (Å²) in [6.45, 7) is 2.04. The van der Waals surface area contributed by atoms with Gasteiger partial charge in [0.15, 0.2) is 5.82 Å². The van der Waals surface area contributed by atoms with E-state index in [0.717, 1.165) is 0 Å². The lowest BCUT2D eigenvalue weighted by atomic mass is 10.3. The van der Waals surface area contributed by atoms with Crippen molar-refractivity contribution in [3.05, 3.63) is 33.6 Å². The monoisotopic (exact) mass is 269 g/mol. The fourth-order valence-corrected chi connectivity index (χ4v) is 2.23. The Balaban J connectivity index is 2.18. The smallest absolute Gasteiger partial charge is 0.239 e. The molecule has 0 saturated heterocycles. The third-order valence-electron chi connectivity index (χ3n) is 2.20. The molecule has 17 heavy (non-hydrogen) atoms. The zero-order valence-electron chi connectivity index (χ0n) is 9.14. The molecule has 0 aliphatic rings. The van der Waals surface area contributed by atoms with E-state index in [9.17, 15) is 0 Å². The molecule has 4 N–H and O–H groups in total. The topological polar surface area (TPSA) is 75.9 Å². The second-order valence-electron chi connectivity index (χ2n) is 3.42. The molecular weight excluding hydrogens is 258 g/mol. The van der Waals surface area contributed by atoms with Gasteiger partial charge in [0.05, 0.1) is 12.2 Å². The summed E-state index contributed by atoms with van der Waals surface area (Å²) >= 11 is 7.68. The highest BCUT2D eigenvalue weighted by Gasteiger charge is 2.10. The van der Waals surface area contributed by atoms with Crippen molar-refractivity contribution in [1.29, 1.82) is 0 Å². The van der Waals surface area contributed by atoms with Crippen LogP contribution >= 0.6 is 22.9 Å². The second-order valence-corrected chi connectivity index (χ2v) is 4.80. The van der Waals surface area contributed by atoms with Crippen LogP contribution in [0.15, 0.2) is 23.7 Å². The Hall–Kier alpha value is -1.37. The highest BCUT2D eigenvalue weighted by atomic mass is 35.5. The molecule has 7 heteroatoms. The Morgan fingerprint density at radius 1 is 1.53 bits per heavy atom. The number of anilines is 2. The van der Waals surface area contributed by atoms with Crippen molar-refractivity contribution in [2.45, 2.75) is 13.0 Å². The van der Waals surface area contributed by atoms with Crippen molar-refractivity contribution < 1.29 is 0 Å². The standard InChI is InChI=1S/C10H12ClN5S/c1-6(8-3-2-4-17-8)14-9-7(11)5-13-10(15-9)16-12/h2-6H,12H2,1H3,(H2,13,14,15,16). The minimum Gasteiger partial charge on any atom is -0.361 e. The first kappa shape index (κ1) is 12.1. The summed E-state index contributed by atoms with van der Waals surface area (Å²) < 4.78 is 0. The predicted octanol–water partition coefficient (Wildman–Crippen LogP) is 2.65. The molecule has 0 spiro atoms. The van der Waals surface area contributed by atoms with Crippen LogP contribution < -0.4 is 16.6 Å². The molecule has 2 heterocycles. The van der Waals surface area contributed by atoms with Crippen LogP contribution in [0, 0.1) is 0 Å². The number of hydrazine groups is 1. The van der Waals surface area contributed by atoms with Gasteiger partial charge in [-0.15, -0.1) is 11.3 Å². The number of nitrogens with one attached hydrogen (secondary N) is 2. The SMILES string of the molecule is CC(Nc1nc(NN)ncc1Cl)c1cccs1. The highest BCUT2D eigenvalue weighted by Crippen LogP contribution is 2.26. The molecule has 0 radical (unpaired) electrons. The number of halogens is 1. The van der Waals surface area contributed by atoms with Gasteiger partial charge >= 0.3 is 0 Å². The molecule has 0 fully saturated rings. The molecule has 5 nitrogen and oxygen atoms in total. The number of nitrogens with two attached hydrogens (primary N) is 1. The number of aromatic nitrogens is 2. The number of rotatable bonds is 4. The lowest BCUT2D eigenvalue weighted by Crippen LogP contribution is -2.13. The number of hydrogen-bond acceptors (Lipinski definition) is 6. The molecular formula is C10H12ClN5S. The predicted molar refractivity (Wildman–Crippen MR) is 71.2 cm³/mol. The highest BCUT2D eigenvalue weighted by molar-refractivity contribution is 7.10. The van der Waals surface area contributed by atoms with E-state index in [4.69, 9.17) is 17.4 Å². The molecule has 90 valence electrons. The lowest BCUT2D eigenvalue weighted by Gasteiger charge is -2.14. The Bertz CT molecular complexity index is 487. The Morgan fingerprint density at radius 3 is 3.00 bits per heavy atom. The van der Waals surface area contributed by atoms with Crippen molar-refractivity contribution in [2.75, 3.05) is 10.7 Å². The number of nitrogen functional groups attached to an aromatic ring is 1. The summed E-state index contributed by atoms with van der Waals surface area (Å²) in [5, 5.41) is 5.71. The van der Waals surface area contributed by atoms with Gasteiger partial charge in [0, 0.05) is 4.88 Å². The molecule has 0 amide bonds. The average Bonchev–Trinajstić information content (AvgIpc) is 2.85. The quantitative estimate of drug-likeness (QED) is 0.588. The first-order valence-corrected chi connectivity index (χ1v) is 6.25. The fraction of sp³-hybridized carbons (Fsp3) is 0.200. The van der Waals surface area contributed by atoms with Crippen molar-refractivity contribution in [3.8, 4) is 0 Å². The van der Waals surface area contributed by atoms with E-state index in [1.807, 2.05) is 18.4 Å². The van der Waals surface area contributed by atoms with Crippen LogP contribution in [0.5, 0.6) is 0 Å². The van der Waals surface area contributed by atoms with Crippen LogP contribution in [0.2, 0.25) is 5.02 Å². The van der Waals surface area contributed by atoms with Crippen LogP contribution in [0.3, 0.4) is 0 Å². The van der Waals surface area contributed by atoms with E-state index >= 15 is 0 Å². The maximum absolute atomic E-state index is 6.01. The third-order valence-corrected chi connectivity index (χ3v) is 3.53. The van der Waals surface area contributed by atoms with Crippen molar-refractivity contribution in [3.63, 3.8) is 0 Å². The number of thiophene rings is 1. The second kappa shape index (κ2) is 5.31. The summed E-state index contributed by atoms with van der Waals surface area (Å²) in [5.41, 5.74) is 2.38. The lowest BCUT2D eigenvalue weighted by molar-refractivity contribution is 0.893. The van der Waals surface area contributed by atoms with E-state index in [-0.39, 0.29) is 6.04 Å². The Labute approximate surface area is 108 Å². The van der Waals surface area contributed by atoms with Gasteiger partial charge in [-0.25, -0.2) is 10.8 Å². The van der Waals surface area contributed by atoms with Gasteiger partial charge in [-0.2, -0.15) is 4.98 Å². The first-order chi connectivity index (χ1) is 8.20. The summed E-state index contributed by atoms with van der Waals surface area (Å²) in [5.74, 6) is 6.14. The molecule has 0 aliphatic carbocycles. The number of nitrogens with zero attached hydrogens (tertiary/aromatic N) is 2. The maximum atomic E-state index is 6.01. The van der Waals surface area contributed by atoms with E-state index in [2.05, 4.69) is 26.8 Å². The van der Waals surface area contributed by atoms with Gasteiger partial charge in [0.25, 0.3) is 0 Å². The maximum Gasteiger partial charge on any atom is 0.239 e. The summed E-state index contributed by atoms with van der Waals surface area (Å²) in [6, 6.07) is 4.19. The molecule has 1 atom stereocenters. The van der Waals surface area contributed by atoms with Crippen LogP contribution in [0.1, 0.15) is 17.8 Å². The van der Waals surface area contributed by atoms with Crippen LogP contribution in [0.4, 0.5) is 11.8 Å². The molecule has 2 aromatic heterocycles. The molecule has 1 unspecified atom stereocenters.